The quantitative estimate of drug-likeness (QED) is 0.532. The summed E-state index contributed by atoms with van der Waals surface area (Å²) in [6.45, 7) is 8.37. The number of hydrogen-bond donors (Lipinski definition) is 1. The molecule has 1 amide bonds. The topological polar surface area (TPSA) is 46.4 Å². The monoisotopic (exact) mass is 359 g/mol. The van der Waals surface area contributed by atoms with Gasteiger partial charge in [0.2, 0.25) is 5.91 Å². The van der Waals surface area contributed by atoms with E-state index >= 15 is 0 Å². The van der Waals surface area contributed by atoms with Crippen molar-refractivity contribution in [1.82, 2.24) is 9.99 Å². The van der Waals surface area contributed by atoms with Crippen molar-refractivity contribution in [3.63, 3.8) is 0 Å². The molecule has 0 atom stereocenters. The lowest BCUT2D eigenvalue weighted by atomic mass is 10.1. The number of nitrogens with zero attached hydrogens (tertiary/aromatic N) is 2. The van der Waals surface area contributed by atoms with E-state index in [4.69, 9.17) is 0 Å². The number of carbonyl (C=O) groups excluding carboxylic acids is 1. The van der Waals surface area contributed by atoms with Crippen molar-refractivity contribution < 1.29 is 4.79 Å². The Bertz CT molecular complexity index is 984. The normalized spacial score (nSPS) is 11.1. The average molecular weight is 359 g/mol. The number of rotatable bonds is 5. The molecule has 4 nitrogen and oxygen atoms in total. The highest BCUT2D eigenvalue weighted by Gasteiger charge is 2.11. The molecular formula is C23H25N3O. The first kappa shape index (κ1) is 18.6. The largest absolute Gasteiger partial charge is 0.318 e. The smallest absolute Gasteiger partial charge is 0.244 e. The van der Waals surface area contributed by atoms with Crippen LogP contribution in [0.4, 0.5) is 0 Å². The maximum atomic E-state index is 12.0. The Balaban J connectivity index is 1.75. The molecule has 0 fully saturated rings. The lowest BCUT2D eigenvalue weighted by Crippen LogP contribution is -2.19. The summed E-state index contributed by atoms with van der Waals surface area (Å²) in [4.78, 5) is 12.0. The van der Waals surface area contributed by atoms with Crippen molar-refractivity contribution in [1.29, 1.82) is 0 Å². The van der Waals surface area contributed by atoms with E-state index < -0.39 is 0 Å². The Labute approximate surface area is 160 Å². The summed E-state index contributed by atoms with van der Waals surface area (Å²) in [5.74, 6) is -0.124. The molecule has 4 heteroatoms. The van der Waals surface area contributed by atoms with Crippen LogP contribution < -0.4 is 5.43 Å². The Morgan fingerprint density at radius 3 is 2.52 bits per heavy atom. The second kappa shape index (κ2) is 8.04. The molecule has 0 aliphatic carbocycles. The van der Waals surface area contributed by atoms with Crippen molar-refractivity contribution in [2.24, 2.45) is 5.10 Å². The SMILES string of the molecule is Cc1ccc(C)c(-n2c(C)cc(/C=N/NC(=O)Cc3ccccc3)c2C)c1. The van der Waals surface area contributed by atoms with Gasteiger partial charge in [0.05, 0.1) is 12.6 Å². The van der Waals surface area contributed by atoms with Crippen molar-refractivity contribution in [2.45, 2.75) is 34.1 Å². The molecule has 1 heterocycles. The van der Waals surface area contributed by atoms with Crippen LogP contribution in [-0.2, 0) is 11.2 Å². The van der Waals surface area contributed by atoms with E-state index in [0.717, 1.165) is 22.5 Å². The van der Waals surface area contributed by atoms with Gasteiger partial charge in [-0.1, -0.05) is 42.5 Å². The van der Waals surface area contributed by atoms with Gasteiger partial charge < -0.3 is 4.57 Å². The molecule has 2 aromatic carbocycles. The Morgan fingerprint density at radius 1 is 1.04 bits per heavy atom. The van der Waals surface area contributed by atoms with Crippen LogP contribution in [0, 0.1) is 27.7 Å². The fourth-order valence-corrected chi connectivity index (χ4v) is 3.24. The molecule has 0 bridgehead atoms. The van der Waals surface area contributed by atoms with E-state index in [2.05, 4.69) is 67.1 Å². The van der Waals surface area contributed by atoms with E-state index in [0.29, 0.717) is 6.42 Å². The number of benzene rings is 2. The van der Waals surface area contributed by atoms with Crippen LogP contribution in [-0.4, -0.2) is 16.7 Å². The highest BCUT2D eigenvalue weighted by molar-refractivity contribution is 5.84. The fraction of sp³-hybridized carbons (Fsp3) is 0.217. The average Bonchev–Trinajstić information content (AvgIpc) is 2.92. The lowest BCUT2D eigenvalue weighted by molar-refractivity contribution is -0.120. The zero-order chi connectivity index (χ0) is 19.4. The summed E-state index contributed by atoms with van der Waals surface area (Å²) in [5, 5.41) is 4.15. The first-order valence-electron chi connectivity index (χ1n) is 9.08. The summed E-state index contributed by atoms with van der Waals surface area (Å²) < 4.78 is 2.23. The summed E-state index contributed by atoms with van der Waals surface area (Å²) >= 11 is 0. The maximum Gasteiger partial charge on any atom is 0.244 e. The fourth-order valence-electron chi connectivity index (χ4n) is 3.24. The highest BCUT2D eigenvalue weighted by atomic mass is 16.2. The van der Waals surface area contributed by atoms with Crippen LogP contribution >= 0.6 is 0 Å². The molecule has 0 saturated heterocycles. The molecule has 3 aromatic rings. The minimum atomic E-state index is -0.124. The highest BCUT2D eigenvalue weighted by Crippen LogP contribution is 2.23. The van der Waals surface area contributed by atoms with E-state index in [1.165, 1.54) is 16.8 Å². The third-order valence-corrected chi connectivity index (χ3v) is 4.68. The number of carbonyl (C=O) groups is 1. The van der Waals surface area contributed by atoms with E-state index in [1.807, 2.05) is 30.3 Å². The molecular weight excluding hydrogens is 334 g/mol. The number of nitrogens with one attached hydrogen (secondary N) is 1. The van der Waals surface area contributed by atoms with Gasteiger partial charge in [0.15, 0.2) is 0 Å². The Kier molecular flexibility index (Phi) is 5.55. The molecule has 0 spiro atoms. The second-order valence-corrected chi connectivity index (χ2v) is 6.91. The summed E-state index contributed by atoms with van der Waals surface area (Å²) in [5.41, 5.74) is 10.4. The molecule has 0 saturated carbocycles. The molecule has 0 radical (unpaired) electrons. The number of aromatic nitrogens is 1. The number of amides is 1. The Morgan fingerprint density at radius 2 is 1.78 bits per heavy atom. The van der Waals surface area contributed by atoms with Crippen LogP contribution in [0.3, 0.4) is 0 Å². The van der Waals surface area contributed by atoms with Crippen LogP contribution in [0.1, 0.15) is 33.6 Å². The van der Waals surface area contributed by atoms with Gasteiger partial charge in [-0.05, 0) is 56.5 Å². The number of hydrazone groups is 1. The molecule has 0 unspecified atom stereocenters. The van der Waals surface area contributed by atoms with Gasteiger partial charge in [0.25, 0.3) is 0 Å². The van der Waals surface area contributed by atoms with Gasteiger partial charge in [-0.3, -0.25) is 4.79 Å². The third kappa shape index (κ3) is 4.34. The molecule has 0 aliphatic rings. The zero-order valence-electron chi connectivity index (χ0n) is 16.3. The van der Waals surface area contributed by atoms with Crippen molar-refractivity contribution in [3.8, 4) is 5.69 Å². The molecule has 1 aromatic heterocycles. The van der Waals surface area contributed by atoms with Gasteiger partial charge in [0, 0.05) is 22.6 Å². The minimum Gasteiger partial charge on any atom is -0.318 e. The molecule has 1 N–H and O–H groups in total. The number of hydrogen-bond acceptors (Lipinski definition) is 2. The Hall–Kier alpha value is -3.14. The molecule has 138 valence electrons. The maximum absolute atomic E-state index is 12.0. The number of aryl methyl sites for hydroxylation is 3. The van der Waals surface area contributed by atoms with Gasteiger partial charge >= 0.3 is 0 Å². The van der Waals surface area contributed by atoms with Gasteiger partial charge in [-0.15, -0.1) is 0 Å². The third-order valence-electron chi connectivity index (χ3n) is 4.68. The predicted octanol–water partition coefficient (Wildman–Crippen LogP) is 4.40. The lowest BCUT2D eigenvalue weighted by Gasteiger charge is -2.13. The van der Waals surface area contributed by atoms with Crippen LogP contribution in [0.25, 0.3) is 5.69 Å². The first-order chi connectivity index (χ1) is 13.0. The molecule has 27 heavy (non-hydrogen) atoms. The van der Waals surface area contributed by atoms with Gasteiger partial charge in [0.1, 0.15) is 0 Å². The van der Waals surface area contributed by atoms with E-state index in [-0.39, 0.29) is 5.91 Å². The minimum absolute atomic E-state index is 0.124. The summed E-state index contributed by atoms with van der Waals surface area (Å²) in [6.07, 6.45) is 2.03. The first-order valence-corrected chi connectivity index (χ1v) is 9.08. The summed E-state index contributed by atoms with van der Waals surface area (Å²) in [6, 6.07) is 18.2. The zero-order valence-corrected chi connectivity index (χ0v) is 16.3. The van der Waals surface area contributed by atoms with Gasteiger partial charge in [-0.25, -0.2) is 5.43 Å². The summed E-state index contributed by atoms with van der Waals surface area (Å²) in [7, 11) is 0. The predicted molar refractivity (Wildman–Crippen MR) is 111 cm³/mol. The van der Waals surface area contributed by atoms with Crippen molar-refractivity contribution >= 4 is 12.1 Å². The van der Waals surface area contributed by atoms with Gasteiger partial charge in [-0.2, -0.15) is 5.10 Å². The molecule has 0 aliphatic heterocycles. The van der Waals surface area contributed by atoms with Crippen molar-refractivity contribution in [2.75, 3.05) is 0 Å². The van der Waals surface area contributed by atoms with Crippen LogP contribution in [0.2, 0.25) is 0 Å². The van der Waals surface area contributed by atoms with Crippen LogP contribution in [0.5, 0.6) is 0 Å². The van der Waals surface area contributed by atoms with Crippen molar-refractivity contribution in [3.05, 3.63) is 88.2 Å². The van der Waals surface area contributed by atoms with Crippen LogP contribution in [0.15, 0.2) is 59.7 Å². The van der Waals surface area contributed by atoms with E-state index in [9.17, 15) is 4.79 Å². The van der Waals surface area contributed by atoms with E-state index in [1.54, 1.807) is 6.21 Å². The molecule has 3 rings (SSSR count). The second-order valence-electron chi connectivity index (χ2n) is 6.91. The standard InChI is InChI=1S/C23H25N3O/c1-16-10-11-17(2)22(12-16)26-18(3)13-21(19(26)4)15-24-25-23(27)14-20-8-6-5-7-9-20/h5-13,15H,14H2,1-4H3,(H,25,27)/b24-15+.